The molecular formula is C29H31N5O2. The maximum Gasteiger partial charge on any atom is 0.339 e. The lowest BCUT2D eigenvalue weighted by molar-refractivity contribution is 0.304. The molecule has 3 aromatic carbocycles. The largest absolute Gasteiger partial charge is 0.489 e. The molecule has 0 bridgehead atoms. The van der Waals surface area contributed by atoms with Gasteiger partial charge in [-0.1, -0.05) is 43.0 Å². The molecular weight excluding hydrogens is 450 g/mol. The van der Waals surface area contributed by atoms with E-state index in [0.717, 1.165) is 22.6 Å². The minimum atomic E-state index is -0.283. The maximum atomic E-state index is 13.9. The smallest absolute Gasteiger partial charge is 0.339 e. The molecule has 0 aliphatic rings. The van der Waals surface area contributed by atoms with E-state index in [9.17, 15) is 4.79 Å². The van der Waals surface area contributed by atoms with E-state index >= 15 is 0 Å². The first-order valence-electron chi connectivity index (χ1n) is 11.7. The van der Waals surface area contributed by atoms with Crippen molar-refractivity contribution in [3.8, 4) is 17.1 Å². The lowest BCUT2D eigenvalue weighted by Gasteiger charge is -2.15. The predicted molar refractivity (Wildman–Crippen MR) is 148 cm³/mol. The topological polar surface area (TPSA) is 75.3 Å². The Morgan fingerprint density at radius 2 is 1.75 bits per heavy atom. The van der Waals surface area contributed by atoms with Crippen LogP contribution in [0.4, 0.5) is 11.5 Å². The van der Waals surface area contributed by atoms with Crippen LogP contribution in [0.1, 0.15) is 23.7 Å². The van der Waals surface area contributed by atoms with Gasteiger partial charge in [-0.15, -0.1) is 0 Å². The molecule has 1 aromatic heterocycles. The molecule has 0 atom stereocenters. The molecule has 0 spiro atoms. The second kappa shape index (κ2) is 10.4. The first kappa shape index (κ1) is 24.6. The molecule has 184 valence electrons. The number of ether oxygens (including phenoxy) is 1. The molecule has 0 radical (unpaired) electrons. The summed E-state index contributed by atoms with van der Waals surface area (Å²) in [4.78, 5) is 15.9. The fraction of sp³-hybridized carbons (Fsp3) is 0.172. The van der Waals surface area contributed by atoms with Crippen LogP contribution in [0, 0.1) is 12.3 Å². The molecule has 0 fully saturated rings. The Bertz CT molecular complexity index is 1470. The highest BCUT2D eigenvalue weighted by atomic mass is 16.5. The first-order chi connectivity index (χ1) is 17.3. The van der Waals surface area contributed by atoms with Gasteiger partial charge in [0.05, 0.1) is 17.1 Å². The van der Waals surface area contributed by atoms with Crippen LogP contribution in [0.2, 0.25) is 0 Å². The average Bonchev–Trinajstić information content (AvgIpc) is 3.16. The Labute approximate surface area is 211 Å². The highest BCUT2D eigenvalue weighted by Gasteiger charge is 2.24. The van der Waals surface area contributed by atoms with Crippen molar-refractivity contribution in [2.75, 3.05) is 24.3 Å². The van der Waals surface area contributed by atoms with Crippen molar-refractivity contribution in [1.82, 2.24) is 9.13 Å². The van der Waals surface area contributed by atoms with E-state index < -0.39 is 0 Å². The van der Waals surface area contributed by atoms with Crippen molar-refractivity contribution < 1.29 is 4.74 Å². The Hall–Kier alpha value is -4.52. The van der Waals surface area contributed by atoms with Gasteiger partial charge in [-0.05, 0) is 67.6 Å². The van der Waals surface area contributed by atoms with E-state index in [4.69, 9.17) is 10.1 Å². The molecule has 2 N–H and O–H groups in total. The molecule has 0 saturated heterocycles. The molecule has 0 aliphatic carbocycles. The van der Waals surface area contributed by atoms with Gasteiger partial charge in [0.15, 0.2) is 0 Å². The van der Waals surface area contributed by atoms with E-state index in [2.05, 4.69) is 11.9 Å². The van der Waals surface area contributed by atoms with Crippen molar-refractivity contribution in [1.29, 1.82) is 5.41 Å². The van der Waals surface area contributed by atoms with Crippen LogP contribution in [-0.4, -0.2) is 28.9 Å². The zero-order valence-corrected chi connectivity index (χ0v) is 21.1. The SMILES string of the molecule is C=CNc1c(C(C)=N)n(-c2ccc(OCc3ccccc3)c(C)c2)c(=O)n1-c1cccc(N(C)C)c1. The number of anilines is 2. The minimum Gasteiger partial charge on any atom is -0.489 e. The number of nitrogens with one attached hydrogen (secondary N) is 2. The Morgan fingerprint density at radius 3 is 2.39 bits per heavy atom. The van der Waals surface area contributed by atoms with Gasteiger partial charge in [-0.3, -0.25) is 4.57 Å². The van der Waals surface area contributed by atoms with Gasteiger partial charge in [0, 0.05) is 19.8 Å². The molecule has 36 heavy (non-hydrogen) atoms. The van der Waals surface area contributed by atoms with Crippen LogP contribution < -0.4 is 20.6 Å². The van der Waals surface area contributed by atoms with Gasteiger partial charge in [-0.2, -0.15) is 0 Å². The van der Waals surface area contributed by atoms with E-state index in [1.165, 1.54) is 6.20 Å². The van der Waals surface area contributed by atoms with Gasteiger partial charge in [0.25, 0.3) is 0 Å². The van der Waals surface area contributed by atoms with Crippen molar-refractivity contribution in [3.05, 3.63) is 113 Å². The summed E-state index contributed by atoms with van der Waals surface area (Å²) in [7, 11) is 3.90. The summed E-state index contributed by atoms with van der Waals surface area (Å²) in [5.41, 5.74) is 4.71. The summed E-state index contributed by atoms with van der Waals surface area (Å²) >= 11 is 0. The van der Waals surface area contributed by atoms with Crippen LogP contribution in [0.15, 0.2) is 90.4 Å². The van der Waals surface area contributed by atoms with Crippen molar-refractivity contribution in [2.24, 2.45) is 0 Å². The first-order valence-corrected chi connectivity index (χ1v) is 11.7. The van der Waals surface area contributed by atoms with Gasteiger partial charge >= 0.3 is 5.69 Å². The van der Waals surface area contributed by atoms with Crippen LogP contribution >= 0.6 is 0 Å². The lowest BCUT2D eigenvalue weighted by atomic mass is 10.2. The van der Waals surface area contributed by atoms with Crippen molar-refractivity contribution in [2.45, 2.75) is 20.5 Å². The quantitative estimate of drug-likeness (QED) is 0.309. The van der Waals surface area contributed by atoms with Gasteiger partial charge in [0.2, 0.25) is 0 Å². The van der Waals surface area contributed by atoms with Crippen LogP contribution in [-0.2, 0) is 6.61 Å². The molecule has 4 aromatic rings. The molecule has 0 saturated carbocycles. The normalized spacial score (nSPS) is 10.7. The van der Waals surface area contributed by atoms with Gasteiger partial charge < -0.3 is 20.4 Å². The van der Waals surface area contributed by atoms with E-state index in [-0.39, 0.29) is 11.4 Å². The minimum absolute atomic E-state index is 0.251. The number of rotatable bonds is 9. The highest BCUT2D eigenvalue weighted by Crippen LogP contribution is 2.28. The molecule has 0 aliphatic heterocycles. The number of benzene rings is 3. The third-order valence-electron chi connectivity index (χ3n) is 5.91. The summed E-state index contributed by atoms with van der Waals surface area (Å²) in [5.74, 6) is 1.23. The summed E-state index contributed by atoms with van der Waals surface area (Å²) in [5, 5.41) is 11.6. The number of hydrogen-bond donors (Lipinski definition) is 2. The van der Waals surface area contributed by atoms with E-state index in [0.29, 0.717) is 29.5 Å². The second-order valence-corrected chi connectivity index (χ2v) is 8.76. The standard InChI is InChI=1S/C29H31N5O2/c1-6-31-28-27(21(3)30)33(29(35)34(28)24-14-10-13-23(18-24)32(4)5)25-15-16-26(20(2)17-25)36-19-22-11-8-7-9-12-22/h6-18,30-31H,1,19H2,2-5H3. The molecule has 7 nitrogen and oxygen atoms in total. The number of nitrogens with zero attached hydrogens (tertiary/aromatic N) is 3. The summed E-state index contributed by atoms with van der Waals surface area (Å²) in [6, 6.07) is 23.3. The summed E-state index contributed by atoms with van der Waals surface area (Å²) in [6.45, 7) is 7.87. The van der Waals surface area contributed by atoms with Crippen LogP contribution in [0.3, 0.4) is 0 Å². The fourth-order valence-electron chi connectivity index (χ4n) is 4.14. The zero-order valence-electron chi connectivity index (χ0n) is 21.1. The number of hydrogen-bond acceptors (Lipinski definition) is 5. The van der Waals surface area contributed by atoms with Gasteiger partial charge in [-0.25, -0.2) is 9.36 Å². The fourth-order valence-corrected chi connectivity index (χ4v) is 4.14. The monoisotopic (exact) mass is 481 g/mol. The van der Waals surface area contributed by atoms with E-state index in [1.54, 1.807) is 16.1 Å². The second-order valence-electron chi connectivity index (χ2n) is 8.76. The maximum absolute atomic E-state index is 13.9. The third-order valence-corrected chi connectivity index (χ3v) is 5.91. The molecule has 0 amide bonds. The van der Waals surface area contributed by atoms with Crippen LogP contribution in [0.5, 0.6) is 5.75 Å². The Balaban J connectivity index is 1.82. The van der Waals surface area contributed by atoms with Crippen molar-refractivity contribution >= 4 is 17.2 Å². The zero-order chi connectivity index (χ0) is 25.8. The van der Waals surface area contributed by atoms with Crippen LogP contribution in [0.25, 0.3) is 11.4 Å². The molecule has 7 heteroatoms. The Kier molecular flexibility index (Phi) is 7.10. The lowest BCUT2D eigenvalue weighted by Crippen LogP contribution is -2.24. The van der Waals surface area contributed by atoms with Gasteiger partial charge in [0.1, 0.15) is 23.9 Å². The van der Waals surface area contributed by atoms with Crippen molar-refractivity contribution in [3.63, 3.8) is 0 Å². The summed E-state index contributed by atoms with van der Waals surface area (Å²) < 4.78 is 9.17. The Morgan fingerprint density at radius 1 is 1.03 bits per heavy atom. The number of aromatic nitrogens is 2. The van der Waals surface area contributed by atoms with E-state index in [1.807, 2.05) is 98.7 Å². The third kappa shape index (κ3) is 4.81. The highest BCUT2D eigenvalue weighted by molar-refractivity contribution is 6.00. The molecule has 0 unspecified atom stereocenters. The number of aryl methyl sites for hydroxylation is 1. The predicted octanol–water partition coefficient (Wildman–Crippen LogP) is 5.52. The summed E-state index contributed by atoms with van der Waals surface area (Å²) in [6.07, 6.45) is 1.52. The number of imidazole rings is 1. The molecule has 4 rings (SSSR count). The average molecular weight is 482 g/mol. The molecule has 1 heterocycles.